The summed E-state index contributed by atoms with van der Waals surface area (Å²) >= 11 is 0. The molecule has 3 nitrogen and oxygen atoms in total. The Bertz CT molecular complexity index is 340. The molecule has 0 fully saturated rings. The van der Waals surface area contributed by atoms with E-state index in [1.807, 2.05) is 26.0 Å². The molecule has 0 amide bonds. The Morgan fingerprint density at radius 2 is 1.93 bits per heavy atom. The summed E-state index contributed by atoms with van der Waals surface area (Å²) in [6, 6.07) is 9.81. The maximum absolute atomic E-state index is 8.91. The van der Waals surface area contributed by atoms with E-state index in [2.05, 4.69) is 11.4 Å². The first-order chi connectivity index (χ1) is 7.17. The Kier molecular flexibility index (Phi) is 4.29. The standard InChI is InChI=1S/C12H16N2O/c1-9(8-15)14-10(2)12-5-3-11(7-13)4-6-12/h3-6,9-10,14-15H,8H2,1-2H3. The van der Waals surface area contributed by atoms with Gasteiger partial charge in [0.15, 0.2) is 0 Å². The third-order valence-electron chi connectivity index (χ3n) is 2.35. The zero-order valence-electron chi connectivity index (χ0n) is 9.07. The molecule has 2 unspecified atom stereocenters. The lowest BCUT2D eigenvalue weighted by molar-refractivity contribution is 0.243. The van der Waals surface area contributed by atoms with Crippen LogP contribution in [0.15, 0.2) is 24.3 Å². The Morgan fingerprint density at radius 1 is 1.33 bits per heavy atom. The summed E-state index contributed by atoms with van der Waals surface area (Å²) in [5.41, 5.74) is 1.79. The van der Waals surface area contributed by atoms with Crippen LogP contribution in [-0.2, 0) is 0 Å². The number of benzene rings is 1. The Balaban J connectivity index is 2.66. The second kappa shape index (κ2) is 5.50. The van der Waals surface area contributed by atoms with E-state index in [1.54, 1.807) is 12.1 Å². The highest BCUT2D eigenvalue weighted by molar-refractivity contribution is 5.32. The van der Waals surface area contributed by atoms with Crippen LogP contribution in [0.5, 0.6) is 0 Å². The van der Waals surface area contributed by atoms with Gasteiger partial charge in [-0.05, 0) is 31.5 Å². The Labute approximate surface area is 90.4 Å². The number of aliphatic hydroxyl groups is 1. The number of nitrogens with zero attached hydrogens (tertiary/aromatic N) is 1. The summed E-state index contributed by atoms with van der Waals surface area (Å²) in [4.78, 5) is 0. The van der Waals surface area contributed by atoms with Gasteiger partial charge in [-0.25, -0.2) is 0 Å². The van der Waals surface area contributed by atoms with Crippen LogP contribution in [0.1, 0.15) is 31.0 Å². The monoisotopic (exact) mass is 204 g/mol. The van der Waals surface area contributed by atoms with Crippen LogP contribution in [-0.4, -0.2) is 17.8 Å². The summed E-state index contributed by atoms with van der Waals surface area (Å²) in [6.45, 7) is 4.09. The maximum Gasteiger partial charge on any atom is 0.0991 e. The summed E-state index contributed by atoms with van der Waals surface area (Å²) in [7, 11) is 0. The molecule has 0 aliphatic rings. The molecule has 0 aromatic heterocycles. The van der Waals surface area contributed by atoms with E-state index in [4.69, 9.17) is 10.4 Å². The molecule has 0 radical (unpaired) electrons. The zero-order chi connectivity index (χ0) is 11.3. The second-order valence-electron chi connectivity index (χ2n) is 3.71. The topological polar surface area (TPSA) is 56.0 Å². The van der Waals surface area contributed by atoms with Crippen LogP contribution in [0.2, 0.25) is 0 Å². The fraction of sp³-hybridized carbons (Fsp3) is 0.417. The van der Waals surface area contributed by atoms with Crippen LogP contribution in [0, 0.1) is 11.3 Å². The first kappa shape index (κ1) is 11.7. The van der Waals surface area contributed by atoms with Gasteiger partial charge in [0.25, 0.3) is 0 Å². The second-order valence-corrected chi connectivity index (χ2v) is 3.71. The van der Waals surface area contributed by atoms with Gasteiger partial charge in [0.1, 0.15) is 0 Å². The molecule has 0 aliphatic carbocycles. The number of hydrogen-bond donors (Lipinski definition) is 2. The van der Waals surface area contributed by atoms with Crippen LogP contribution in [0.25, 0.3) is 0 Å². The summed E-state index contributed by atoms with van der Waals surface area (Å²) < 4.78 is 0. The molecular weight excluding hydrogens is 188 g/mol. The highest BCUT2D eigenvalue weighted by atomic mass is 16.3. The van der Waals surface area contributed by atoms with Gasteiger partial charge in [-0.3, -0.25) is 0 Å². The summed E-state index contributed by atoms with van der Waals surface area (Å²) in [5, 5.41) is 20.8. The van der Waals surface area contributed by atoms with E-state index >= 15 is 0 Å². The molecule has 15 heavy (non-hydrogen) atoms. The molecule has 0 heterocycles. The molecule has 0 saturated carbocycles. The first-order valence-electron chi connectivity index (χ1n) is 5.04. The smallest absolute Gasteiger partial charge is 0.0991 e. The van der Waals surface area contributed by atoms with Crippen LogP contribution in [0.4, 0.5) is 0 Å². The summed E-state index contributed by atoms with van der Waals surface area (Å²) in [6.07, 6.45) is 0. The zero-order valence-corrected chi connectivity index (χ0v) is 9.07. The van der Waals surface area contributed by atoms with Crippen molar-refractivity contribution in [1.29, 1.82) is 5.26 Å². The molecule has 3 heteroatoms. The van der Waals surface area contributed by atoms with Crippen molar-refractivity contribution in [3.63, 3.8) is 0 Å². The van der Waals surface area contributed by atoms with E-state index in [0.717, 1.165) is 5.56 Å². The lowest BCUT2D eigenvalue weighted by atomic mass is 10.1. The number of hydrogen-bond acceptors (Lipinski definition) is 3. The van der Waals surface area contributed by atoms with Crippen molar-refractivity contribution in [2.24, 2.45) is 0 Å². The van der Waals surface area contributed by atoms with E-state index in [-0.39, 0.29) is 18.7 Å². The van der Waals surface area contributed by atoms with Crippen LogP contribution in [0.3, 0.4) is 0 Å². The van der Waals surface area contributed by atoms with E-state index < -0.39 is 0 Å². The van der Waals surface area contributed by atoms with Gasteiger partial charge < -0.3 is 10.4 Å². The summed E-state index contributed by atoms with van der Waals surface area (Å²) in [5.74, 6) is 0. The first-order valence-corrected chi connectivity index (χ1v) is 5.04. The molecule has 0 bridgehead atoms. The van der Waals surface area contributed by atoms with Crippen molar-refractivity contribution in [2.45, 2.75) is 25.9 Å². The number of aliphatic hydroxyl groups excluding tert-OH is 1. The fourth-order valence-corrected chi connectivity index (χ4v) is 1.42. The largest absolute Gasteiger partial charge is 0.395 e. The molecule has 0 aliphatic heterocycles. The van der Waals surface area contributed by atoms with Gasteiger partial charge in [0.2, 0.25) is 0 Å². The highest BCUT2D eigenvalue weighted by Gasteiger charge is 2.08. The van der Waals surface area contributed by atoms with Crippen LogP contribution < -0.4 is 5.32 Å². The van der Waals surface area contributed by atoms with E-state index in [0.29, 0.717) is 5.56 Å². The van der Waals surface area contributed by atoms with Crippen LogP contribution >= 0.6 is 0 Å². The number of nitrogens with one attached hydrogen (secondary N) is 1. The molecular formula is C12H16N2O. The highest BCUT2D eigenvalue weighted by Crippen LogP contribution is 2.13. The molecule has 1 aromatic rings. The third kappa shape index (κ3) is 3.35. The van der Waals surface area contributed by atoms with Gasteiger partial charge in [-0.15, -0.1) is 0 Å². The average molecular weight is 204 g/mol. The van der Waals surface area contributed by atoms with Gasteiger partial charge in [-0.1, -0.05) is 12.1 Å². The van der Waals surface area contributed by atoms with Crippen molar-refractivity contribution < 1.29 is 5.11 Å². The van der Waals surface area contributed by atoms with Gasteiger partial charge in [0.05, 0.1) is 18.2 Å². The van der Waals surface area contributed by atoms with Crippen molar-refractivity contribution in [3.05, 3.63) is 35.4 Å². The minimum Gasteiger partial charge on any atom is -0.395 e. The van der Waals surface area contributed by atoms with Crippen molar-refractivity contribution in [3.8, 4) is 6.07 Å². The predicted molar refractivity (Wildman–Crippen MR) is 59.3 cm³/mol. The lowest BCUT2D eigenvalue weighted by Gasteiger charge is -2.18. The minimum atomic E-state index is 0.0793. The van der Waals surface area contributed by atoms with Crippen molar-refractivity contribution in [2.75, 3.05) is 6.61 Å². The van der Waals surface area contributed by atoms with Gasteiger partial charge >= 0.3 is 0 Å². The number of rotatable bonds is 4. The SMILES string of the molecule is CC(CO)NC(C)c1ccc(C#N)cc1. The normalized spacial score (nSPS) is 14.3. The van der Waals surface area contributed by atoms with Gasteiger partial charge in [0, 0.05) is 12.1 Å². The van der Waals surface area contributed by atoms with Crippen molar-refractivity contribution >= 4 is 0 Å². The molecule has 0 spiro atoms. The molecule has 1 rings (SSSR count). The van der Waals surface area contributed by atoms with Gasteiger partial charge in [-0.2, -0.15) is 5.26 Å². The van der Waals surface area contributed by atoms with E-state index in [9.17, 15) is 0 Å². The fourth-order valence-electron chi connectivity index (χ4n) is 1.42. The number of nitriles is 1. The minimum absolute atomic E-state index is 0.0793. The molecule has 0 saturated heterocycles. The van der Waals surface area contributed by atoms with Crippen molar-refractivity contribution in [1.82, 2.24) is 5.32 Å². The molecule has 2 atom stereocenters. The molecule has 80 valence electrons. The Hall–Kier alpha value is -1.37. The molecule has 1 aromatic carbocycles. The quantitative estimate of drug-likeness (QED) is 0.783. The van der Waals surface area contributed by atoms with E-state index in [1.165, 1.54) is 0 Å². The third-order valence-corrected chi connectivity index (χ3v) is 2.35. The lowest BCUT2D eigenvalue weighted by Crippen LogP contribution is -2.31. The average Bonchev–Trinajstić information content (AvgIpc) is 2.29. The maximum atomic E-state index is 8.91. The Morgan fingerprint density at radius 3 is 2.40 bits per heavy atom. The predicted octanol–water partition coefficient (Wildman–Crippen LogP) is 1.59. The molecule has 2 N–H and O–H groups in total.